The van der Waals surface area contributed by atoms with Gasteiger partial charge in [-0.05, 0) is 11.6 Å². The third-order valence-electron chi connectivity index (χ3n) is 3.80. The third-order valence-corrected chi connectivity index (χ3v) is 3.80. The maximum Gasteiger partial charge on any atom is 0.416 e. The van der Waals surface area contributed by atoms with Crippen molar-refractivity contribution in [2.24, 2.45) is 0 Å². The number of aromatic nitrogens is 2. The second kappa shape index (κ2) is 8.00. The number of halogens is 3. The maximum atomic E-state index is 13.2. The number of nitrogens with zero attached hydrogens (tertiary/aromatic N) is 3. The topological polar surface area (TPSA) is 38.1 Å². The van der Waals surface area contributed by atoms with Crippen molar-refractivity contribution in [1.29, 1.82) is 0 Å². The molecule has 1 aromatic heterocycles. The summed E-state index contributed by atoms with van der Waals surface area (Å²) in [6.45, 7) is 6.00. The van der Waals surface area contributed by atoms with E-state index in [4.69, 9.17) is 0 Å². The molecule has 0 aliphatic rings. The Bertz CT molecular complexity index is 737. The molecule has 0 radical (unpaired) electrons. The SMILES string of the molecule is C=CCN(Cc1nccn1Cc1ccccc1C(F)(F)F)C(=O)CC. The van der Waals surface area contributed by atoms with Gasteiger partial charge in [0, 0.05) is 31.9 Å². The minimum absolute atomic E-state index is 0.0350. The Balaban J connectivity index is 2.25. The number of imidazole rings is 1. The lowest BCUT2D eigenvalue weighted by atomic mass is 10.1. The van der Waals surface area contributed by atoms with Gasteiger partial charge in [0.15, 0.2) is 0 Å². The molecule has 2 rings (SSSR count). The van der Waals surface area contributed by atoms with Crippen molar-refractivity contribution in [3.63, 3.8) is 0 Å². The molecular weight excluding hydrogens is 331 g/mol. The van der Waals surface area contributed by atoms with Gasteiger partial charge in [0.2, 0.25) is 5.91 Å². The van der Waals surface area contributed by atoms with Gasteiger partial charge in [0.25, 0.3) is 0 Å². The van der Waals surface area contributed by atoms with Gasteiger partial charge in [-0.15, -0.1) is 6.58 Å². The first kappa shape index (κ1) is 18.8. The lowest BCUT2D eigenvalue weighted by molar-refractivity contribution is -0.138. The van der Waals surface area contributed by atoms with Crippen molar-refractivity contribution >= 4 is 5.91 Å². The normalized spacial score (nSPS) is 11.4. The van der Waals surface area contributed by atoms with Crippen LogP contribution in [0.25, 0.3) is 0 Å². The molecule has 0 spiro atoms. The number of carbonyl (C=O) groups excluding carboxylic acids is 1. The van der Waals surface area contributed by atoms with E-state index in [1.807, 2.05) is 0 Å². The van der Waals surface area contributed by atoms with Crippen LogP contribution in [0.1, 0.15) is 30.3 Å². The molecule has 0 unspecified atom stereocenters. The van der Waals surface area contributed by atoms with Crippen LogP contribution in [0.3, 0.4) is 0 Å². The first-order chi connectivity index (χ1) is 11.9. The minimum Gasteiger partial charge on any atom is -0.332 e. The summed E-state index contributed by atoms with van der Waals surface area (Å²) in [6.07, 6.45) is 0.675. The van der Waals surface area contributed by atoms with E-state index < -0.39 is 11.7 Å². The Morgan fingerprint density at radius 1 is 1.36 bits per heavy atom. The van der Waals surface area contributed by atoms with Crippen molar-refractivity contribution in [2.75, 3.05) is 6.54 Å². The van der Waals surface area contributed by atoms with Crippen molar-refractivity contribution in [3.05, 3.63) is 66.3 Å². The number of hydrogen-bond acceptors (Lipinski definition) is 2. The summed E-state index contributed by atoms with van der Waals surface area (Å²) >= 11 is 0. The van der Waals surface area contributed by atoms with Crippen molar-refractivity contribution in [2.45, 2.75) is 32.6 Å². The quantitative estimate of drug-likeness (QED) is 0.710. The van der Waals surface area contributed by atoms with Gasteiger partial charge < -0.3 is 9.47 Å². The minimum atomic E-state index is -4.41. The number of alkyl halides is 3. The monoisotopic (exact) mass is 351 g/mol. The molecule has 0 aliphatic carbocycles. The van der Waals surface area contributed by atoms with Crippen molar-refractivity contribution in [1.82, 2.24) is 14.5 Å². The molecule has 0 aliphatic heterocycles. The van der Waals surface area contributed by atoms with Gasteiger partial charge in [0.05, 0.1) is 12.1 Å². The van der Waals surface area contributed by atoms with Crippen LogP contribution < -0.4 is 0 Å². The number of carbonyl (C=O) groups is 1. The van der Waals surface area contributed by atoms with Gasteiger partial charge in [-0.2, -0.15) is 13.2 Å². The second-order valence-corrected chi connectivity index (χ2v) is 5.54. The fourth-order valence-electron chi connectivity index (χ4n) is 2.56. The van der Waals surface area contributed by atoms with Gasteiger partial charge in [-0.3, -0.25) is 4.79 Å². The van der Waals surface area contributed by atoms with Crippen LogP contribution in [-0.4, -0.2) is 26.9 Å². The largest absolute Gasteiger partial charge is 0.416 e. The fourth-order valence-corrected chi connectivity index (χ4v) is 2.56. The third kappa shape index (κ3) is 4.71. The first-order valence-corrected chi connectivity index (χ1v) is 7.90. The van der Waals surface area contributed by atoms with E-state index in [0.29, 0.717) is 18.8 Å². The molecular formula is C18H20F3N3O. The molecule has 4 nitrogen and oxygen atoms in total. The zero-order valence-corrected chi connectivity index (χ0v) is 14.0. The lowest BCUT2D eigenvalue weighted by Crippen LogP contribution is -2.31. The first-order valence-electron chi connectivity index (χ1n) is 7.90. The van der Waals surface area contributed by atoms with Crippen molar-refractivity contribution < 1.29 is 18.0 Å². The van der Waals surface area contributed by atoms with E-state index >= 15 is 0 Å². The zero-order valence-electron chi connectivity index (χ0n) is 14.0. The molecule has 134 valence electrons. The highest BCUT2D eigenvalue weighted by Crippen LogP contribution is 2.32. The lowest BCUT2D eigenvalue weighted by Gasteiger charge is -2.21. The van der Waals surface area contributed by atoms with Crippen LogP contribution in [-0.2, 0) is 24.1 Å². The molecule has 0 saturated carbocycles. The molecule has 7 heteroatoms. The average Bonchev–Trinajstić information content (AvgIpc) is 3.00. The Hall–Kier alpha value is -2.57. The van der Waals surface area contributed by atoms with Crippen LogP contribution in [0, 0.1) is 0 Å². The van der Waals surface area contributed by atoms with E-state index in [1.54, 1.807) is 34.7 Å². The van der Waals surface area contributed by atoms with Crippen LogP contribution in [0.4, 0.5) is 13.2 Å². The molecule has 0 bridgehead atoms. The summed E-state index contributed by atoms with van der Waals surface area (Å²) in [7, 11) is 0. The molecule has 0 saturated heterocycles. The highest BCUT2D eigenvalue weighted by Gasteiger charge is 2.33. The fraction of sp³-hybridized carbons (Fsp3) is 0.333. The standard InChI is InChI=1S/C18H20F3N3O/c1-3-10-24(17(25)4-2)13-16-22-9-11-23(16)12-14-7-5-6-8-15(14)18(19,20)21/h3,5-9,11H,1,4,10,12-13H2,2H3. The molecule has 1 heterocycles. The Morgan fingerprint density at radius 2 is 2.08 bits per heavy atom. The summed E-state index contributed by atoms with van der Waals surface area (Å²) in [5, 5.41) is 0. The molecule has 0 N–H and O–H groups in total. The highest BCUT2D eigenvalue weighted by atomic mass is 19.4. The van der Waals surface area contributed by atoms with Crippen LogP contribution in [0.2, 0.25) is 0 Å². The van der Waals surface area contributed by atoms with Gasteiger partial charge in [-0.1, -0.05) is 31.2 Å². The van der Waals surface area contributed by atoms with E-state index in [0.717, 1.165) is 6.07 Å². The Labute approximate surface area is 144 Å². The molecule has 0 fully saturated rings. The van der Waals surface area contributed by atoms with Gasteiger partial charge >= 0.3 is 6.18 Å². The molecule has 1 aromatic carbocycles. The number of amides is 1. The van der Waals surface area contributed by atoms with Gasteiger partial charge in [0.1, 0.15) is 5.82 Å². The number of rotatable bonds is 7. The van der Waals surface area contributed by atoms with E-state index in [-0.39, 0.29) is 24.6 Å². The second-order valence-electron chi connectivity index (χ2n) is 5.54. The molecule has 2 aromatic rings. The summed E-state index contributed by atoms with van der Waals surface area (Å²) in [5.74, 6) is 0.464. The van der Waals surface area contributed by atoms with Crippen LogP contribution in [0.15, 0.2) is 49.3 Å². The van der Waals surface area contributed by atoms with Crippen LogP contribution >= 0.6 is 0 Å². The predicted octanol–water partition coefficient (Wildman–Crippen LogP) is 3.87. The van der Waals surface area contributed by atoms with Crippen molar-refractivity contribution in [3.8, 4) is 0 Å². The smallest absolute Gasteiger partial charge is 0.332 e. The summed E-state index contributed by atoms with van der Waals surface area (Å²) < 4.78 is 41.1. The predicted molar refractivity (Wildman–Crippen MR) is 88.7 cm³/mol. The Morgan fingerprint density at radius 3 is 2.72 bits per heavy atom. The number of benzene rings is 1. The number of hydrogen-bond donors (Lipinski definition) is 0. The zero-order chi connectivity index (χ0) is 18.4. The van der Waals surface area contributed by atoms with E-state index in [9.17, 15) is 18.0 Å². The molecule has 0 atom stereocenters. The summed E-state index contributed by atoms with van der Waals surface area (Å²) in [4.78, 5) is 17.7. The Kier molecular flexibility index (Phi) is 6.01. The van der Waals surface area contributed by atoms with Gasteiger partial charge in [-0.25, -0.2) is 4.98 Å². The summed E-state index contributed by atoms with van der Waals surface area (Å²) in [6, 6.07) is 5.46. The average molecular weight is 351 g/mol. The van der Waals surface area contributed by atoms with Crippen LogP contribution in [0.5, 0.6) is 0 Å². The van der Waals surface area contributed by atoms with E-state index in [2.05, 4.69) is 11.6 Å². The molecule has 1 amide bonds. The summed E-state index contributed by atoms with van der Waals surface area (Å²) in [5.41, 5.74) is -0.506. The van der Waals surface area contributed by atoms with E-state index in [1.165, 1.54) is 18.3 Å². The maximum absolute atomic E-state index is 13.2. The highest BCUT2D eigenvalue weighted by molar-refractivity contribution is 5.75. The molecule has 25 heavy (non-hydrogen) atoms.